The van der Waals surface area contributed by atoms with E-state index in [9.17, 15) is 9.59 Å². The summed E-state index contributed by atoms with van der Waals surface area (Å²) in [6, 6.07) is 16.1. The Morgan fingerprint density at radius 2 is 1.63 bits per heavy atom. The zero-order valence-electron chi connectivity index (χ0n) is 16.0. The molecule has 1 saturated heterocycles. The Hall–Kier alpha value is -2.62. The van der Waals surface area contributed by atoms with Gasteiger partial charge in [0.25, 0.3) is 5.91 Å². The lowest BCUT2D eigenvalue weighted by Crippen LogP contribution is -2.46. The van der Waals surface area contributed by atoms with Crippen LogP contribution in [0.15, 0.2) is 48.5 Å². The highest BCUT2D eigenvalue weighted by molar-refractivity contribution is 5.98. The van der Waals surface area contributed by atoms with Gasteiger partial charge in [-0.1, -0.05) is 36.4 Å². The molecule has 4 nitrogen and oxygen atoms in total. The van der Waals surface area contributed by atoms with Crippen LogP contribution in [0, 0.1) is 12.8 Å². The summed E-state index contributed by atoms with van der Waals surface area (Å²) < 4.78 is 0. The van der Waals surface area contributed by atoms with Gasteiger partial charge >= 0.3 is 0 Å². The number of fused-ring (bicyclic) bond motifs is 1. The van der Waals surface area contributed by atoms with Crippen LogP contribution >= 0.6 is 0 Å². The number of aryl methyl sites for hydroxylation is 1. The first kappa shape index (κ1) is 17.8. The second-order valence-electron chi connectivity index (χ2n) is 7.77. The van der Waals surface area contributed by atoms with Gasteiger partial charge in [-0.2, -0.15) is 0 Å². The first-order chi connectivity index (χ1) is 13.1. The van der Waals surface area contributed by atoms with Crippen LogP contribution in [-0.4, -0.2) is 35.8 Å². The maximum atomic E-state index is 13.2. The molecule has 27 heavy (non-hydrogen) atoms. The third kappa shape index (κ3) is 3.25. The summed E-state index contributed by atoms with van der Waals surface area (Å²) in [5.41, 5.74) is 4.09. The number of para-hydroxylation sites is 1. The lowest BCUT2D eigenvalue weighted by atomic mass is 9.94. The Morgan fingerprint density at radius 3 is 2.37 bits per heavy atom. The molecule has 2 aliphatic rings. The molecule has 0 radical (unpaired) electrons. The van der Waals surface area contributed by atoms with E-state index in [4.69, 9.17) is 0 Å². The number of carbonyl (C=O) groups is 2. The zero-order chi connectivity index (χ0) is 19.0. The Balaban J connectivity index is 1.43. The maximum Gasteiger partial charge on any atom is 0.254 e. The Kier molecular flexibility index (Phi) is 4.73. The minimum Gasteiger partial charge on any atom is -0.339 e. The van der Waals surface area contributed by atoms with Crippen LogP contribution < -0.4 is 4.90 Å². The predicted octanol–water partition coefficient (Wildman–Crippen LogP) is 3.83. The standard InChI is InChI=1S/C23H26N2O2/c1-16-7-3-5-9-20(16)23(27)24-13-11-18(12-14-24)22(26)25-17(2)15-19-8-4-6-10-21(19)25/h3-10,17-18H,11-15H2,1-2H3. The first-order valence-corrected chi connectivity index (χ1v) is 9.82. The molecular weight excluding hydrogens is 336 g/mol. The van der Waals surface area contributed by atoms with E-state index < -0.39 is 0 Å². The van der Waals surface area contributed by atoms with Gasteiger partial charge in [0.15, 0.2) is 0 Å². The number of nitrogens with zero attached hydrogens (tertiary/aromatic N) is 2. The molecule has 2 aromatic rings. The number of hydrogen-bond donors (Lipinski definition) is 0. The van der Waals surface area contributed by atoms with Crippen molar-refractivity contribution in [2.24, 2.45) is 5.92 Å². The molecule has 1 unspecified atom stereocenters. The van der Waals surface area contributed by atoms with Gasteiger partial charge in [0.2, 0.25) is 5.91 Å². The zero-order valence-corrected chi connectivity index (χ0v) is 16.0. The third-order valence-corrected chi connectivity index (χ3v) is 5.95. The number of anilines is 1. The van der Waals surface area contributed by atoms with Crippen LogP contribution in [-0.2, 0) is 11.2 Å². The summed E-state index contributed by atoms with van der Waals surface area (Å²) in [7, 11) is 0. The van der Waals surface area contributed by atoms with Crippen molar-refractivity contribution in [2.45, 2.75) is 39.2 Å². The minimum absolute atomic E-state index is 0.000439. The molecule has 4 rings (SSSR count). The molecule has 0 N–H and O–H groups in total. The summed E-state index contributed by atoms with van der Waals surface area (Å²) in [5.74, 6) is 0.300. The van der Waals surface area contributed by atoms with Gasteiger partial charge in [0.1, 0.15) is 0 Å². The van der Waals surface area contributed by atoms with E-state index in [2.05, 4.69) is 13.0 Å². The molecule has 2 aromatic carbocycles. The normalized spacial score (nSPS) is 19.9. The average molecular weight is 362 g/mol. The quantitative estimate of drug-likeness (QED) is 0.815. The van der Waals surface area contributed by atoms with Crippen LogP contribution in [0.2, 0.25) is 0 Å². The fraction of sp³-hybridized carbons (Fsp3) is 0.391. The fourth-order valence-corrected chi connectivity index (χ4v) is 4.41. The molecule has 140 valence electrons. The minimum atomic E-state index is -0.000439. The van der Waals surface area contributed by atoms with Gasteiger partial charge in [0.05, 0.1) is 0 Å². The summed E-state index contributed by atoms with van der Waals surface area (Å²) in [4.78, 5) is 29.9. The summed E-state index contributed by atoms with van der Waals surface area (Å²) in [6.45, 7) is 5.38. The average Bonchev–Trinajstić information content (AvgIpc) is 3.03. The molecule has 0 saturated carbocycles. The monoisotopic (exact) mass is 362 g/mol. The largest absolute Gasteiger partial charge is 0.339 e. The topological polar surface area (TPSA) is 40.6 Å². The number of likely N-dealkylation sites (tertiary alicyclic amines) is 1. The lowest BCUT2D eigenvalue weighted by Gasteiger charge is -2.34. The third-order valence-electron chi connectivity index (χ3n) is 5.95. The summed E-state index contributed by atoms with van der Waals surface area (Å²) in [6.07, 6.45) is 2.40. The number of piperidine rings is 1. The number of amides is 2. The Morgan fingerprint density at radius 1 is 0.963 bits per heavy atom. The van der Waals surface area contributed by atoms with Crippen molar-refractivity contribution in [1.29, 1.82) is 0 Å². The van der Waals surface area contributed by atoms with E-state index in [1.54, 1.807) is 0 Å². The smallest absolute Gasteiger partial charge is 0.254 e. The second-order valence-corrected chi connectivity index (χ2v) is 7.77. The van der Waals surface area contributed by atoms with Gasteiger partial charge in [-0.25, -0.2) is 0 Å². The molecule has 2 amide bonds. The van der Waals surface area contributed by atoms with Crippen molar-refractivity contribution in [3.05, 3.63) is 65.2 Å². The summed E-state index contributed by atoms with van der Waals surface area (Å²) in [5, 5.41) is 0. The van der Waals surface area contributed by atoms with Crippen LogP contribution in [0.5, 0.6) is 0 Å². The molecule has 4 heteroatoms. The van der Waals surface area contributed by atoms with E-state index in [1.807, 2.05) is 59.2 Å². The van der Waals surface area contributed by atoms with E-state index >= 15 is 0 Å². The highest BCUT2D eigenvalue weighted by Crippen LogP contribution is 2.34. The molecule has 2 heterocycles. The van der Waals surface area contributed by atoms with Gasteiger partial charge in [-0.05, 0) is 56.4 Å². The highest BCUT2D eigenvalue weighted by Gasteiger charge is 2.36. The van der Waals surface area contributed by atoms with Crippen LogP contribution in [0.4, 0.5) is 5.69 Å². The number of rotatable bonds is 2. The molecule has 2 aliphatic heterocycles. The van der Waals surface area contributed by atoms with Crippen LogP contribution in [0.3, 0.4) is 0 Å². The van der Waals surface area contributed by atoms with E-state index in [0.29, 0.717) is 13.1 Å². The van der Waals surface area contributed by atoms with Crippen molar-refractivity contribution in [1.82, 2.24) is 4.90 Å². The van der Waals surface area contributed by atoms with Gasteiger partial charge in [0, 0.05) is 36.3 Å². The van der Waals surface area contributed by atoms with Crippen LogP contribution in [0.1, 0.15) is 41.3 Å². The number of carbonyl (C=O) groups excluding carboxylic acids is 2. The van der Waals surface area contributed by atoms with Gasteiger partial charge < -0.3 is 9.80 Å². The van der Waals surface area contributed by atoms with Crippen molar-refractivity contribution < 1.29 is 9.59 Å². The molecule has 1 atom stereocenters. The Labute approximate surface area is 160 Å². The SMILES string of the molecule is Cc1ccccc1C(=O)N1CCC(C(=O)N2c3ccccc3CC2C)CC1. The Bertz CT molecular complexity index is 868. The number of benzene rings is 2. The molecule has 0 aliphatic carbocycles. The van der Waals surface area contributed by atoms with E-state index in [-0.39, 0.29) is 23.8 Å². The van der Waals surface area contributed by atoms with Crippen molar-refractivity contribution in [2.75, 3.05) is 18.0 Å². The van der Waals surface area contributed by atoms with Crippen molar-refractivity contribution >= 4 is 17.5 Å². The second kappa shape index (κ2) is 7.18. The lowest BCUT2D eigenvalue weighted by molar-refractivity contribution is -0.124. The first-order valence-electron chi connectivity index (χ1n) is 9.82. The highest BCUT2D eigenvalue weighted by atomic mass is 16.2. The predicted molar refractivity (Wildman–Crippen MR) is 107 cm³/mol. The number of hydrogen-bond acceptors (Lipinski definition) is 2. The van der Waals surface area contributed by atoms with E-state index in [1.165, 1.54) is 5.56 Å². The maximum absolute atomic E-state index is 13.2. The summed E-state index contributed by atoms with van der Waals surface area (Å²) >= 11 is 0. The molecule has 0 aromatic heterocycles. The molecular formula is C23H26N2O2. The van der Waals surface area contributed by atoms with Gasteiger partial charge in [-0.3, -0.25) is 9.59 Å². The molecule has 0 bridgehead atoms. The van der Waals surface area contributed by atoms with E-state index in [0.717, 1.165) is 36.1 Å². The van der Waals surface area contributed by atoms with Crippen molar-refractivity contribution in [3.8, 4) is 0 Å². The van der Waals surface area contributed by atoms with Crippen molar-refractivity contribution in [3.63, 3.8) is 0 Å². The fourth-order valence-electron chi connectivity index (χ4n) is 4.41. The van der Waals surface area contributed by atoms with Crippen LogP contribution in [0.25, 0.3) is 0 Å². The van der Waals surface area contributed by atoms with Gasteiger partial charge in [-0.15, -0.1) is 0 Å². The molecule has 0 spiro atoms. The molecule has 1 fully saturated rings.